The lowest BCUT2D eigenvalue weighted by Crippen LogP contribution is -2.75. The number of nitrogens with one attached hydrogen (secondary N) is 2. The first-order valence-electron chi connectivity index (χ1n) is 14.6. The fourth-order valence-electron chi connectivity index (χ4n) is 9.67. The van der Waals surface area contributed by atoms with Crippen LogP contribution in [0.15, 0.2) is 48.5 Å². The number of carbonyl (C=O) groups excluding carboxylic acids is 4. The SMILES string of the molecule is CN1C(=O)[C@@]23CC4(C56C[C@@]78SS[C@](C)(C(=O)N7[C@H]5Nc5ccccc56)N(C)C8=O)c5ccccc5N[C@@H]4N2C(=O)[C@@]1(C)SS3. The van der Waals surface area contributed by atoms with Gasteiger partial charge in [-0.05, 0) is 37.1 Å². The number of hydrogen-bond acceptors (Lipinski definition) is 10. The second-order valence-electron chi connectivity index (χ2n) is 13.4. The van der Waals surface area contributed by atoms with E-state index in [-0.39, 0.29) is 23.6 Å². The Labute approximate surface area is 269 Å². The Kier molecular flexibility index (Phi) is 4.51. The first-order chi connectivity index (χ1) is 20.9. The molecular formula is C30H28N6O4S4. The number of carbonyl (C=O) groups is 4. The second-order valence-corrected chi connectivity index (χ2v) is 19.0. The molecule has 8 saturated heterocycles. The number of benzene rings is 2. The Hall–Kier alpha value is -2.68. The molecule has 8 fully saturated rings. The topological polar surface area (TPSA) is 105 Å². The number of hydrogen-bond donors (Lipinski definition) is 2. The van der Waals surface area contributed by atoms with Crippen molar-refractivity contribution in [2.45, 2.75) is 69.3 Å². The molecule has 2 aromatic rings. The Morgan fingerprint density at radius 1 is 0.614 bits per heavy atom. The van der Waals surface area contributed by atoms with E-state index in [2.05, 4.69) is 22.8 Å². The second kappa shape index (κ2) is 7.48. The standard InChI is InChI=1S/C30H28N6O4S4/c1-25-21(37)35-19-27(15-9-5-7-11-17(15)31-19,13-29(35,43-41-25)23(39)33(25)3)28-14-30-24(40)34(4)26(2,42-44-30)22(38)36(30)20(28)32-18-12-8-6-10-16(18)28/h5-12,19-20,31-32H,13-14H2,1-4H3/t19-,20-,25-,26-,27?,28?,29+,30+/m1/s1. The molecule has 10 heterocycles. The molecule has 10 nitrogen and oxygen atoms in total. The van der Waals surface area contributed by atoms with E-state index < -0.39 is 42.6 Å². The van der Waals surface area contributed by atoms with Crippen LogP contribution in [-0.4, -0.2) is 89.1 Å². The number of amides is 4. The summed E-state index contributed by atoms with van der Waals surface area (Å²) in [6.07, 6.45) is -0.444. The molecule has 226 valence electrons. The van der Waals surface area contributed by atoms with Crippen LogP contribution in [0.2, 0.25) is 0 Å². The summed E-state index contributed by atoms with van der Waals surface area (Å²) < 4.78 is 0. The van der Waals surface area contributed by atoms with Gasteiger partial charge in [0.1, 0.15) is 12.3 Å². The maximum absolute atomic E-state index is 14.6. The van der Waals surface area contributed by atoms with Gasteiger partial charge in [-0.1, -0.05) is 79.6 Å². The molecule has 4 bridgehead atoms. The lowest BCUT2D eigenvalue weighted by atomic mass is 9.54. The molecule has 12 rings (SSSR count). The normalized spacial score (nSPS) is 45.2. The molecular weight excluding hydrogens is 637 g/mol. The quantitative estimate of drug-likeness (QED) is 0.441. The van der Waals surface area contributed by atoms with E-state index in [4.69, 9.17) is 0 Å². The molecule has 0 aliphatic carbocycles. The summed E-state index contributed by atoms with van der Waals surface area (Å²) in [5.41, 5.74) is 2.14. The Morgan fingerprint density at radius 2 is 1.00 bits per heavy atom. The zero-order chi connectivity index (χ0) is 30.4. The van der Waals surface area contributed by atoms with Crippen LogP contribution in [-0.2, 0) is 30.0 Å². The average molecular weight is 665 g/mol. The van der Waals surface area contributed by atoms with Crippen molar-refractivity contribution in [1.29, 1.82) is 0 Å². The van der Waals surface area contributed by atoms with Crippen molar-refractivity contribution >= 4 is 78.2 Å². The number of nitrogens with zero attached hydrogens (tertiary/aromatic N) is 4. The molecule has 2 N–H and O–H groups in total. The molecule has 8 atom stereocenters. The van der Waals surface area contributed by atoms with Crippen LogP contribution < -0.4 is 10.6 Å². The molecule has 0 saturated carbocycles. The highest BCUT2D eigenvalue weighted by Crippen LogP contribution is 2.78. The van der Waals surface area contributed by atoms with Crippen LogP contribution in [0.25, 0.3) is 0 Å². The zero-order valence-corrected chi connectivity index (χ0v) is 27.5. The van der Waals surface area contributed by atoms with Crippen molar-refractivity contribution in [2.24, 2.45) is 0 Å². The number of fused-ring (bicyclic) bond motifs is 11. The van der Waals surface area contributed by atoms with Gasteiger partial charge in [0.15, 0.2) is 19.5 Å². The van der Waals surface area contributed by atoms with E-state index in [0.717, 1.165) is 22.5 Å². The third-order valence-electron chi connectivity index (χ3n) is 11.9. The van der Waals surface area contributed by atoms with Gasteiger partial charge in [-0.25, -0.2) is 0 Å². The number of rotatable bonds is 1. The van der Waals surface area contributed by atoms with E-state index in [1.165, 1.54) is 43.2 Å². The third kappa shape index (κ3) is 2.30. The number of piperazine rings is 2. The molecule has 10 aliphatic heterocycles. The first kappa shape index (κ1) is 26.5. The molecule has 2 unspecified atom stereocenters. The van der Waals surface area contributed by atoms with E-state index in [1.54, 1.807) is 23.9 Å². The van der Waals surface area contributed by atoms with Crippen LogP contribution >= 0.6 is 43.2 Å². The van der Waals surface area contributed by atoms with Crippen molar-refractivity contribution in [3.8, 4) is 0 Å². The van der Waals surface area contributed by atoms with Gasteiger partial charge in [-0.3, -0.25) is 29.0 Å². The van der Waals surface area contributed by atoms with E-state index in [9.17, 15) is 19.2 Å². The van der Waals surface area contributed by atoms with Crippen LogP contribution in [0.4, 0.5) is 11.4 Å². The largest absolute Gasteiger partial charge is 0.364 e. The summed E-state index contributed by atoms with van der Waals surface area (Å²) in [5, 5.41) is 7.50. The Bertz CT molecular complexity index is 1700. The lowest BCUT2D eigenvalue weighted by molar-refractivity contribution is -0.163. The molecule has 0 radical (unpaired) electrons. The fraction of sp³-hybridized carbons (Fsp3) is 0.467. The van der Waals surface area contributed by atoms with Crippen molar-refractivity contribution in [2.75, 3.05) is 24.7 Å². The van der Waals surface area contributed by atoms with Crippen molar-refractivity contribution < 1.29 is 19.2 Å². The molecule has 4 amide bonds. The fourth-order valence-corrected chi connectivity index (χ4v) is 16.7. The van der Waals surface area contributed by atoms with Gasteiger partial charge in [0.25, 0.3) is 23.6 Å². The smallest absolute Gasteiger partial charge is 0.262 e. The van der Waals surface area contributed by atoms with Gasteiger partial charge >= 0.3 is 0 Å². The summed E-state index contributed by atoms with van der Waals surface area (Å²) >= 11 is 0. The first-order valence-corrected chi connectivity index (χ1v) is 18.9. The third-order valence-corrected chi connectivity index (χ3v) is 19.3. The van der Waals surface area contributed by atoms with Gasteiger partial charge in [-0.15, -0.1) is 0 Å². The molecule has 10 aliphatic rings. The van der Waals surface area contributed by atoms with E-state index >= 15 is 0 Å². The number of likely N-dealkylation sites (N-methyl/N-ethyl adjacent to an activating group) is 2. The average Bonchev–Trinajstić information content (AvgIpc) is 3.70. The predicted octanol–water partition coefficient (Wildman–Crippen LogP) is 3.39. The van der Waals surface area contributed by atoms with Crippen molar-refractivity contribution in [3.63, 3.8) is 0 Å². The lowest BCUT2D eigenvalue weighted by Gasteiger charge is -2.57. The molecule has 14 heteroatoms. The summed E-state index contributed by atoms with van der Waals surface area (Å²) in [5.74, 6) is -0.353. The Balaban J connectivity index is 1.31. The highest BCUT2D eigenvalue weighted by molar-refractivity contribution is 8.78. The summed E-state index contributed by atoms with van der Waals surface area (Å²) in [6, 6.07) is 16.3. The van der Waals surface area contributed by atoms with Crippen molar-refractivity contribution in [3.05, 3.63) is 59.7 Å². The van der Waals surface area contributed by atoms with Gasteiger partial charge in [0, 0.05) is 38.3 Å². The van der Waals surface area contributed by atoms with Gasteiger partial charge in [0.05, 0.1) is 10.8 Å². The van der Waals surface area contributed by atoms with Gasteiger partial charge in [-0.2, -0.15) is 0 Å². The van der Waals surface area contributed by atoms with Crippen LogP contribution in [0.5, 0.6) is 0 Å². The highest BCUT2D eigenvalue weighted by Gasteiger charge is 2.87. The number of para-hydroxylation sites is 2. The Morgan fingerprint density at radius 3 is 1.41 bits per heavy atom. The van der Waals surface area contributed by atoms with Gasteiger partial charge < -0.3 is 20.4 Å². The molecule has 2 spiro atoms. The van der Waals surface area contributed by atoms with Crippen LogP contribution in [0, 0.1) is 0 Å². The number of anilines is 2. The summed E-state index contributed by atoms with van der Waals surface area (Å²) in [6.45, 7) is 3.66. The maximum Gasteiger partial charge on any atom is 0.262 e. The van der Waals surface area contributed by atoms with Crippen LogP contribution in [0.1, 0.15) is 37.8 Å². The summed E-state index contributed by atoms with van der Waals surface area (Å²) in [4.78, 5) is 60.7. The minimum absolute atomic E-state index is 0.0808. The van der Waals surface area contributed by atoms with E-state index in [0.29, 0.717) is 12.8 Å². The van der Waals surface area contributed by atoms with Crippen LogP contribution in [0.3, 0.4) is 0 Å². The molecule has 2 aromatic carbocycles. The minimum Gasteiger partial charge on any atom is -0.364 e. The molecule has 44 heavy (non-hydrogen) atoms. The zero-order valence-electron chi connectivity index (χ0n) is 24.2. The van der Waals surface area contributed by atoms with Gasteiger partial charge in [0.2, 0.25) is 0 Å². The monoisotopic (exact) mass is 664 g/mol. The highest BCUT2D eigenvalue weighted by atomic mass is 33.1. The molecule has 0 aromatic heterocycles. The van der Waals surface area contributed by atoms with Crippen molar-refractivity contribution in [1.82, 2.24) is 19.6 Å². The predicted molar refractivity (Wildman–Crippen MR) is 172 cm³/mol. The maximum atomic E-state index is 14.6. The minimum atomic E-state index is -1.14. The summed E-state index contributed by atoms with van der Waals surface area (Å²) in [7, 11) is 9.36. The van der Waals surface area contributed by atoms with E-state index in [1.807, 2.05) is 60.0 Å².